The van der Waals surface area contributed by atoms with Gasteiger partial charge in [0.2, 0.25) is 0 Å². The molecule has 16 heavy (non-hydrogen) atoms. The van der Waals surface area contributed by atoms with E-state index in [9.17, 15) is 4.79 Å². The number of likely N-dealkylation sites (tertiary alicyclic amines) is 1. The minimum Gasteiger partial charge on any atom is -0.382 e. The van der Waals surface area contributed by atoms with Crippen LogP contribution in [0.3, 0.4) is 0 Å². The van der Waals surface area contributed by atoms with E-state index >= 15 is 0 Å². The molecule has 3 N–H and O–H groups in total. The predicted molar refractivity (Wildman–Crippen MR) is 65.8 cm³/mol. The van der Waals surface area contributed by atoms with Crippen molar-refractivity contribution in [2.45, 2.75) is 13.3 Å². The van der Waals surface area contributed by atoms with Gasteiger partial charge < -0.3 is 16.0 Å². The Kier molecular flexibility index (Phi) is 3.00. The van der Waals surface area contributed by atoms with Crippen LogP contribution in [-0.4, -0.2) is 35.9 Å². The third-order valence-electron chi connectivity index (χ3n) is 2.77. The monoisotopic (exact) mass is 240 g/mol. The van der Waals surface area contributed by atoms with Crippen LogP contribution in [0.5, 0.6) is 0 Å². The summed E-state index contributed by atoms with van der Waals surface area (Å²) in [5.74, 6) is 0.932. The van der Waals surface area contributed by atoms with E-state index in [1.807, 2.05) is 4.90 Å². The van der Waals surface area contributed by atoms with Crippen LogP contribution in [0, 0.1) is 5.92 Å². The van der Waals surface area contributed by atoms with Crippen LogP contribution in [0.2, 0.25) is 0 Å². The van der Waals surface area contributed by atoms with Crippen LogP contribution in [0.1, 0.15) is 23.0 Å². The summed E-state index contributed by atoms with van der Waals surface area (Å²) in [6.45, 7) is 3.81. The SMILES string of the molecule is CNc1nc(N)c(C(=O)N2CCC(C)C2)s1. The molecule has 1 aliphatic heterocycles. The first kappa shape index (κ1) is 11.2. The number of hydrogen-bond donors (Lipinski definition) is 2. The van der Waals surface area contributed by atoms with Crippen LogP contribution in [0.15, 0.2) is 0 Å². The Hall–Kier alpha value is -1.30. The van der Waals surface area contributed by atoms with Crippen molar-refractivity contribution < 1.29 is 4.79 Å². The molecule has 0 saturated carbocycles. The predicted octanol–water partition coefficient (Wildman–Crippen LogP) is 1.25. The summed E-state index contributed by atoms with van der Waals surface area (Å²) in [5, 5.41) is 3.59. The first-order chi connectivity index (χ1) is 7.61. The molecule has 1 atom stereocenters. The Balaban J connectivity index is 2.17. The molecule has 88 valence electrons. The highest BCUT2D eigenvalue weighted by molar-refractivity contribution is 7.18. The molecule has 0 aromatic carbocycles. The lowest BCUT2D eigenvalue weighted by Crippen LogP contribution is -2.28. The smallest absolute Gasteiger partial charge is 0.267 e. The number of thiazole rings is 1. The second-order valence-corrected chi connectivity index (χ2v) is 5.13. The standard InChI is InChI=1S/C10H16N4OS/c1-6-3-4-14(5-6)9(15)7-8(11)13-10(12-2)16-7/h6H,3-5,11H2,1-2H3,(H,12,13). The van der Waals surface area contributed by atoms with Crippen LogP contribution >= 0.6 is 11.3 Å². The molecule has 2 heterocycles. The van der Waals surface area contributed by atoms with Gasteiger partial charge in [0.15, 0.2) is 5.13 Å². The zero-order chi connectivity index (χ0) is 11.7. The van der Waals surface area contributed by atoms with Gasteiger partial charge in [0, 0.05) is 20.1 Å². The molecule has 0 aliphatic carbocycles. The molecular weight excluding hydrogens is 224 g/mol. The van der Waals surface area contributed by atoms with E-state index in [0.717, 1.165) is 19.5 Å². The number of aromatic nitrogens is 1. The number of carbonyl (C=O) groups excluding carboxylic acids is 1. The van der Waals surface area contributed by atoms with E-state index in [4.69, 9.17) is 5.73 Å². The van der Waals surface area contributed by atoms with Gasteiger partial charge in [0.1, 0.15) is 10.7 Å². The maximum absolute atomic E-state index is 12.1. The van der Waals surface area contributed by atoms with Gasteiger partial charge >= 0.3 is 0 Å². The fourth-order valence-corrected chi connectivity index (χ4v) is 2.66. The average Bonchev–Trinajstić information content (AvgIpc) is 2.83. The van der Waals surface area contributed by atoms with E-state index in [-0.39, 0.29) is 5.91 Å². The van der Waals surface area contributed by atoms with Gasteiger partial charge in [-0.05, 0) is 12.3 Å². The van der Waals surface area contributed by atoms with Crippen molar-refractivity contribution in [3.05, 3.63) is 4.88 Å². The number of hydrogen-bond acceptors (Lipinski definition) is 5. The molecule has 1 aromatic heterocycles. The third-order valence-corrected chi connectivity index (χ3v) is 3.85. The molecule has 6 heteroatoms. The van der Waals surface area contributed by atoms with Crippen molar-refractivity contribution in [2.75, 3.05) is 31.2 Å². The van der Waals surface area contributed by atoms with Crippen molar-refractivity contribution in [3.63, 3.8) is 0 Å². The molecule has 1 aromatic rings. The van der Waals surface area contributed by atoms with Gasteiger partial charge in [-0.25, -0.2) is 4.98 Å². The summed E-state index contributed by atoms with van der Waals surface area (Å²) in [4.78, 5) is 18.6. The highest BCUT2D eigenvalue weighted by Gasteiger charge is 2.27. The number of nitrogen functional groups attached to an aromatic ring is 1. The van der Waals surface area contributed by atoms with E-state index in [1.54, 1.807) is 7.05 Å². The largest absolute Gasteiger partial charge is 0.382 e. The Morgan fingerprint density at radius 3 is 2.94 bits per heavy atom. The van der Waals surface area contributed by atoms with Gasteiger partial charge in [0.25, 0.3) is 5.91 Å². The van der Waals surface area contributed by atoms with Crippen molar-refractivity contribution in [1.29, 1.82) is 0 Å². The van der Waals surface area contributed by atoms with Gasteiger partial charge in [-0.2, -0.15) is 0 Å². The van der Waals surface area contributed by atoms with Crippen LogP contribution in [-0.2, 0) is 0 Å². The van der Waals surface area contributed by atoms with Crippen molar-refractivity contribution in [2.24, 2.45) is 5.92 Å². The number of amides is 1. The van der Waals surface area contributed by atoms with E-state index in [1.165, 1.54) is 11.3 Å². The molecule has 0 bridgehead atoms. The lowest BCUT2D eigenvalue weighted by Gasteiger charge is -2.14. The molecule has 1 amide bonds. The summed E-state index contributed by atoms with van der Waals surface area (Å²) in [5.41, 5.74) is 5.73. The van der Waals surface area contributed by atoms with E-state index < -0.39 is 0 Å². The number of anilines is 2. The Morgan fingerprint density at radius 1 is 1.69 bits per heavy atom. The zero-order valence-corrected chi connectivity index (χ0v) is 10.3. The Bertz CT molecular complexity index is 404. The minimum absolute atomic E-state index is 0.0147. The number of nitrogens with one attached hydrogen (secondary N) is 1. The number of nitrogens with two attached hydrogens (primary N) is 1. The van der Waals surface area contributed by atoms with Crippen molar-refractivity contribution >= 4 is 28.2 Å². The van der Waals surface area contributed by atoms with Crippen LogP contribution in [0.25, 0.3) is 0 Å². The van der Waals surface area contributed by atoms with Gasteiger partial charge in [-0.1, -0.05) is 18.3 Å². The molecule has 0 radical (unpaired) electrons. The minimum atomic E-state index is 0.0147. The second-order valence-electron chi connectivity index (χ2n) is 4.13. The summed E-state index contributed by atoms with van der Waals surface area (Å²) in [6, 6.07) is 0. The lowest BCUT2D eigenvalue weighted by molar-refractivity contribution is 0.0793. The quantitative estimate of drug-likeness (QED) is 0.816. The first-order valence-corrected chi connectivity index (χ1v) is 6.16. The Morgan fingerprint density at radius 2 is 2.44 bits per heavy atom. The Labute approximate surface area is 98.7 Å². The van der Waals surface area contributed by atoms with Crippen LogP contribution < -0.4 is 11.1 Å². The number of nitrogens with zero attached hydrogens (tertiary/aromatic N) is 2. The normalized spacial score (nSPS) is 20.1. The average molecular weight is 240 g/mol. The first-order valence-electron chi connectivity index (χ1n) is 5.35. The number of carbonyl (C=O) groups is 1. The van der Waals surface area contributed by atoms with Gasteiger partial charge in [-0.15, -0.1) is 0 Å². The topological polar surface area (TPSA) is 71.2 Å². The number of rotatable bonds is 2. The molecular formula is C10H16N4OS. The molecule has 2 rings (SSSR count). The maximum atomic E-state index is 12.1. The molecule has 1 aliphatic rings. The molecule has 1 unspecified atom stereocenters. The summed E-state index contributed by atoms with van der Waals surface area (Å²) >= 11 is 1.32. The molecule has 1 fully saturated rings. The van der Waals surface area contributed by atoms with Crippen molar-refractivity contribution in [3.8, 4) is 0 Å². The highest BCUT2D eigenvalue weighted by atomic mass is 32.1. The van der Waals surface area contributed by atoms with E-state index in [2.05, 4.69) is 17.2 Å². The highest BCUT2D eigenvalue weighted by Crippen LogP contribution is 2.27. The zero-order valence-electron chi connectivity index (χ0n) is 9.49. The third kappa shape index (κ3) is 1.97. The molecule has 5 nitrogen and oxygen atoms in total. The summed E-state index contributed by atoms with van der Waals surface area (Å²) in [7, 11) is 1.77. The molecule has 1 saturated heterocycles. The fourth-order valence-electron chi connectivity index (χ4n) is 1.86. The summed E-state index contributed by atoms with van der Waals surface area (Å²) in [6.07, 6.45) is 1.07. The summed E-state index contributed by atoms with van der Waals surface area (Å²) < 4.78 is 0. The fraction of sp³-hybridized carbons (Fsp3) is 0.600. The second kappa shape index (κ2) is 4.29. The maximum Gasteiger partial charge on any atom is 0.267 e. The van der Waals surface area contributed by atoms with Gasteiger partial charge in [0.05, 0.1) is 0 Å². The van der Waals surface area contributed by atoms with Crippen LogP contribution in [0.4, 0.5) is 10.9 Å². The van der Waals surface area contributed by atoms with Gasteiger partial charge in [-0.3, -0.25) is 4.79 Å². The lowest BCUT2D eigenvalue weighted by atomic mass is 10.2. The molecule has 0 spiro atoms. The van der Waals surface area contributed by atoms with Crippen molar-refractivity contribution in [1.82, 2.24) is 9.88 Å². The van der Waals surface area contributed by atoms with E-state index in [0.29, 0.717) is 21.7 Å².